The Morgan fingerprint density at radius 3 is 2.80 bits per heavy atom. The number of hydrogen-bond acceptors (Lipinski definition) is 5. The average molecular weight is 316 g/mol. The van der Waals surface area contributed by atoms with Crippen molar-refractivity contribution in [2.45, 2.75) is 42.8 Å². The van der Waals surface area contributed by atoms with Crippen LogP contribution in [-0.2, 0) is 0 Å². The van der Waals surface area contributed by atoms with E-state index in [0.717, 1.165) is 32.1 Å². The van der Waals surface area contributed by atoms with Crippen LogP contribution in [0, 0.1) is 0 Å². The molecule has 1 aromatic rings. The lowest BCUT2D eigenvalue weighted by atomic mass is 9.82. The number of aliphatic hydroxyl groups excluding tert-OH is 1. The van der Waals surface area contributed by atoms with E-state index in [1.165, 1.54) is 18.0 Å². The van der Waals surface area contributed by atoms with Gasteiger partial charge in [0.05, 0.1) is 23.4 Å². The van der Waals surface area contributed by atoms with E-state index in [1.807, 2.05) is 6.26 Å². The first-order valence-corrected chi connectivity index (χ1v) is 8.20. The van der Waals surface area contributed by atoms with Gasteiger partial charge in [0.1, 0.15) is 0 Å². The molecule has 7 heteroatoms. The second-order valence-corrected chi connectivity index (χ2v) is 6.19. The Bertz CT molecular complexity index is 493. The van der Waals surface area contributed by atoms with Gasteiger partial charge in [-0.05, 0) is 19.1 Å². The van der Waals surface area contributed by atoms with Gasteiger partial charge in [-0.2, -0.15) is 0 Å². The van der Waals surface area contributed by atoms with Gasteiger partial charge in [0, 0.05) is 0 Å². The third kappa shape index (κ3) is 3.42. The van der Waals surface area contributed by atoms with Gasteiger partial charge < -0.3 is 10.4 Å². The van der Waals surface area contributed by atoms with Gasteiger partial charge in [-0.3, -0.25) is 4.79 Å². The Balaban J connectivity index is 2.18. The first kappa shape index (κ1) is 15.5. The molecular formula is C13H18ClN3O2S. The summed E-state index contributed by atoms with van der Waals surface area (Å²) in [6.45, 7) is -0.0587. The van der Waals surface area contributed by atoms with Crippen molar-refractivity contribution in [1.82, 2.24) is 15.3 Å². The minimum absolute atomic E-state index is 0.0587. The second-order valence-electron chi connectivity index (χ2n) is 5.01. The Morgan fingerprint density at radius 1 is 1.50 bits per heavy atom. The minimum atomic E-state index is -0.539. The van der Waals surface area contributed by atoms with Crippen molar-refractivity contribution in [2.24, 2.45) is 0 Å². The zero-order chi connectivity index (χ0) is 14.6. The summed E-state index contributed by atoms with van der Waals surface area (Å²) in [6.07, 6.45) is 8.00. The van der Waals surface area contributed by atoms with Crippen LogP contribution >= 0.6 is 23.4 Å². The maximum Gasteiger partial charge on any atom is 0.272 e. The van der Waals surface area contributed by atoms with E-state index in [1.54, 1.807) is 0 Å². The molecular weight excluding hydrogens is 298 g/mol. The Kier molecular flexibility index (Phi) is 5.23. The molecule has 0 unspecified atom stereocenters. The Hall–Kier alpha value is -0.850. The van der Waals surface area contributed by atoms with Crippen LogP contribution in [0.25, 0.3) is 0 Å². The van der Waals surface area contributed by atoms with Crippen LogP contribution < -0.4 is 5.32 Å². The molecule has 0 aliphatic heterocycles. The standard InChI is InChI=1S/C13H18ClN3O2S/c1-20-12-15-7-9(14)10(16-12)11(19)17-13(8-18)5-3-2-4-6-13/h7,18H,2-6,8H2,1H3,(H,17,19). The maximum absolute atomic E-state index is 12.4. The van der Waals surface area contributed by atoms with Crippen molar-refractivity contribution >= 4 is 29.3 Å². The number of amides is 1. The summed E-state index contributed by atoms with van der Waals surface area (Å²) in [5, 5.41) is 13.3. The molecule has 1 aliphatic carbocycles. The van der Waals surface area contributed by atoms with Crippen molar-refractivity contribution in [3.8, 4) is 0 Å². The summed E-state index contributed by atoms with van der Waals surface area (Å²) < 4.78 is 0. The molecule has 0 bridgehead atoms. The molecule has 1 fully saturated rings. The van der Waals surface area contributed by atoms with Crippen LogP contribution in [0.4, 0.5) is 0 Å². The van der Waals surface area contributed by atoms with Crippen molar-refractivity contribution < 1.29 is 9.90 Å². The molecule has 0 spiro atoms. The maximum atomic E-state index is 12.4. The Morgan fingerprint density at radius 2 is 2.20 bits per heavy atom. The second kappa shape index (κ2) is 6.74. The number of aliphatic hydroxyl groups is 1. The third-order valence-corrected chi connectivity index (χ3v) is 4.45. The van der Waals surface area contributed by atoms with Gasteiger partial charge in [0.15, 0.2) is 10.9 Å². The molecule has 0 atom stereocenters. The fraction of sp³-hybridized carbons (Fsp3) is 0.615. The van der Waals surface area contributed by atoms with Crippen molar-refractivity contribution in [1.29, 1.82) is 0 Å². The van der Waals surface area contributed by atoms with E-state index < -0.39 is 5.54 Å². The highest BCUT2D eigenvalue weighted by atomic mass is 35.5. The minimum Gasteiger partial charge on any atom is -0.394 e. The van der Waals surface area contributed by atoms with Crippen LogP contribution in [0.15, 0.2) is 11.4 Å². The van der Waals surface area contributed by atoms with E-state index >= 15 is 0 Å². The van der Waals surface area contributed by atoms with E-state index in [4.69, 9.17) is 11.6 Å². The molecule has 2 rings (SSSR count). The van der Waals surface area contributed by atoms with Crippen LogP contribution in [0.1, 0.15) is 42.6 Å². The van der Waals surface area contributed by atoms with Crippen molar-refractivity contribution in [3.63, 3.8) is 0 Å². The van der Waals surface area contributed by atoms with Gasteiger partial charge in [0.25, 0.3) is 5.91 Å². The molecule has 1 aliphatic rings. The number of nitrogens with zero attached hydrogens (tertiary/aromatic N) is 2. The highest BCUT2D eigenvalue weighted by molar-refractivity contribution is 7.98. The van der Waals surface area contributed by atoms with Crippen LogP contribution in [0.2, 0.25) is 5.02 Å². The lowest BCUT2D eigenvalue weighted by Crippen LogP contribution is -2.52. The first-order chi connectivity index (χ1) is 9.60. The van der Waals surface area contributed by atoms with Crippen molar-refractivity contribution in [2.75, 3.05) is 12.9 Å². The largest absolute Gasteiger partial charge is 0.394 e. The molecule has 5 nitrogen and oxygen atoms in total. The highest BCUT2D eigenvalue weighted by Crippen LogP contribution is 2.28. The van der Waals surface area contributed by atoms with Gasteiger partial charge in [0.2, 0.25) is 0 Å². The predicted molar refractivity (Wildman–Crippen MR) is 79.2 cm³/mol. The number of hydrogen-bond donors (Lipinski definition) is 2. The summed E-state index contributed by atoms with van der Waals surface area (Å²) >= 11 is 7.35. The number of rotatable bonds is 4. The third-order valence-electron chi connectivity index (χ3n) is 3.61. The number of carbonyl (C=O) groups excluding carboxylic acids is 1. The molecule has 2 N–H and O–H groups in total. The fourth-order valence-corrected chi connectivity index (χ4v) is 2.98. The SMILES string of the molecule is CSc1ncc(Cl)c(C(=O)NC2(CO)CCCCC2)n1. The van der Waals surface area contributed by atoms with Crippen molar-refractivity contribution in [3.05, 3.63) is 16.9 Å². The van der Waals surface area contributed by atoms with Gasteiger partial charge >= 0.3 is 0 Å². The normalized spacial score (nSPS) is 17.8. The zero-order valence-electron chi connectivity index (χ0n) is 11.4. The van der Waals surface area contributed by atoms with Crippen LogP contribution in [-0.4, -0.2) is 39.4 Å². The van der Waals surface area contributed by atoms with Gasteiger partial charge in [-0.15, -0.1) is 0 Å². The van der Waals surface area contributed by atoms with Gasteiger partial charge in [-0.25, -0.2) is 9.97 Å². The van der Waals surface area contributed by atoms with Crippen LogP contribution in [0.3, 0.4) is 0 Å². The molecule has 0 saturated heterocycles. The predicted octanol–water partition coefficient (Wildman–Crippen LogP) is 2.28. The molecule has 1 amide bonds. The molecule has 20 heavy (non-hydrogen) atoms. The molecule has 1 saturated carbocycles. The van der Waals surface area contributed by atoms with E-state index in [9.17, 15) is 9.90 Å². The number of halogens is 1. The summed E-state index contributed by atoms with van der Waals surface area (Å²) in [5.74, 6) is -0.344. The van der Waals surface area contributed by atoms with E-state index in [0.29, 0.717) is 5.16 Å². The number of carbonyl (C=O) groups is 1. The molecule has 1 heterocycles. The summed E-state index contributed by atoms with van der Waals surface area (Å²) in [4.78, 5) is 20.5. The Labute approximate surface area is 127 Å². The van der Waals surface area contributed by atoms with Crippen LogP contribution in [0.5, 0.6) is 0 Å². The molecule has 1 aromatic heterocycles. The van der Waals surface area contributed by atoms with E-state index in [-0.39, 0.29) is 23.2 Å². The molecule has 110 valence electrons. The fourth-order valence-electron chi connectivity index (χ4n) is 2.46. The number of aromatic nitrogens is 2. The first-order valence-electron chi connectivity index (χ1n) is 6.60. The highest BCUT2D eigenvalue weighted by Gasteiger charge is 2.34. The topological polar surface area (TPSA) is 75.1 Å². The lowest BCUT2D eigenvalue weighted by Gasteiger charge is -2.36. The number of nitrogens with one attached hydrogen (secondary N) is 1. The average Bonchev–Trinajstić information content (AvgIpc) is 2.48. The zero-order valence-corrected chi connectivity index (χ0v) is 12.9. The summed E-state index contributed by atoms with van der Waals surface area (Å²) in [7, 11) is 0. The summed E-state index contributed by atoms with van der Waals surface area (Å²) in [5.41, 5.74) is -0.368. The molecule has 0 aromatic carbocycles. The van der Waals surface area contributed by atoms with Gasteiger partial charge in [-0.1, -0.05) is 42.6 Å². The lowest BCUT2D eigenvalue weighted by molar-refractivity contribution is 0.0753. The smallest absolute Gasteiger partial charge is 0.272 e. The monoisotopic (exact) mass is 315 g/mol. The molecule has 0 radical (unpaired) electrons. The number of thioether (sulfide) groups is 1. The quantitative estimate of drug-likeness (QED) is 0.658. The van der Waals surface area contributed by atoms with E-state index in [2.05, 4.69) is 15.3 Å². The summed E-state index contributed by atoms with van der Waals surface area (Å²) in [6, 6.07) is 0.